The summed E-state index contributed by atoms with van der Waals surface area (Å²) in [5.74, 6) is 0.258. The maximum absolute atomic E-state index is 9.55. The fraction of sp³-hybridized carbons (Fsp3) is 0. The van der Waals surface area contributed by atoms with Gasteiger partial charge in [0.15, 0.2) is 0 Å². The molecule has 0 amide bonds. The summed E-state index contributed by atoms with van der Waals surface area (Å²) in [6.07, 6.45) is 1.68. The predicted molar refractivity (Wildman–Crippen MR) is 61.4 cm³/mol. The summed E-state index contributed by atoms with van der Waals surface area (Å²) in [5.41, 5.74) is 1.65. The van der Waals surface area contributed by atoms with Crippen LogP contribution >= 0.6 is 0 Å². The second kappa shape index (κ2) is 5.26. The van der Waals surface area contributed by atoms with Crippen molar-refractivity contribution in [2.24, 2.45) is 4.99 Å². The first-order chi connectivity index (χ1) is 7.75. The number of phenolic OH excluding ortho intramolecular Hbond substituents is 1. The van der Waals surface area contributed by atoms with E-state index in [0.29, 0.717) is 26.1 Å². The maximum atomic E-state index is 9.55. The molecule has 0 aliphatic carbocycles. The first-order valence-electron chi connectivity index (χ1n) is 5.00. The Morgan fingerprint density at radius 2 is 1.69 bits per heavy atom. The van der Waals surface area contributed by atoms with E-state index in [-0.39, 0.29) is 5.75 Å². The Morgan fingerprint density at radius 1 is 1.00 bits per heavy atom. The molecule has 0 saturated heterocycles. The minimum absolute atomic E-state index is 0.258. The van der Waals surface area contributed by atoms with E-state index in [1.165, 1.54) is 3.07 Å². The summed E-state index contributed by atoms with van der Waals surface area (Å²) in [4.78, 5) is 4.32. The van der Waals surface area contributed by atoms with Gasteiger partial charge in [0.1, 0.15) is 0 Å². The zero-order valence-electron chi connectivity index (χ0n) is 8.80. The van der Waals surface area contributed by atoms with Gasteiger partial charge in [0.05, 0.1) is 0 Å². The van der Waals surface area contributed by atoms with Crippen molar-refractivity contribution < 1.29 is 31.2 Å². The first-order valence-corrected chi connectivity index (χ1v) is 7.75. The van der Waals surface area contributed by atoms with Gasteiger partial charge in [0, 0.05) is 0 Å². The van der Waals surface area contributed by atoms with E-state index in [2.05, 4.69) is 17.1 Å². The van der Waals surface area contributed by atoms with Crippen LogP contribution in [0.4, 0.5) is 5.69 Å². The average Bonchev–Trinajstić information content (AvgIpc) is 2.30. The Bertz CT molecular complexity index is 506. The molecule has 0 bridgehead atoms. The van der Waals surface area contributed by atoms with Crippen molar-refractivity contribution in [3.8, 4) is 5.75 Å². The van der Waals surface area contributed by atoms with E-state index in [1.807, 2.05) is 24.3 Å². The van der Waals surface area contributed by atoms with Gasteiger partial charge in [-0.3, -0.25) is 0 Å². The van der Waals surface area contributed by atoms with E-state index in [1.54, 1.807) is 18.3 Å². The zero-order chi connectivity index (χ0) is 11.4. The molecular weight excluding hydrogens is 387 g/mol. The van der Waals surface area contributed by atoms with Gasteiger partial charge in [-0.05, 0) is 0 Å². The molecule has 0 heterocycles. The molecule has 0 unspecified atom stereocenters. The van der Waals surface area contributed by atoms with Gasteiger partial charge in [-0.2, -0.15) is 0 Å². The van der Waals surface area contributed by atoms with Crippen molar-refractivity contribution in [1.82, 2.24) is 0 Å². The Labute approximate surface area is 111 Å². The Kier molecular flexibility index (Phi) is 3.72. The molecule has 2 aromatic rings. The van der Waals surface area contributed by atoms with E-state index < -0.39 is 0 Å². The van der Waals surface area contributed by atoms with Crippen LogP contribution < -0.4 is 3.07 Å². The van der Waals surface area contributed by atoms with Crippen molar-refractivity contribution in [3.05, 3.63) is 54.1 Å². The van der Waals surface area contributed by atoms with Gasteiger partial charge in [-0.15, -0.1) is 0 Å². The van der Waals surface area contributed by atoms with Crippen molar-refractivity contribution in [3.63, 3.8) is 0 Å². The van der Waals surface area contributed by atoms with E-state index in [9.17, 15) is 5.11 Å². The third-order valence-corrected chi connectivity index (χ3v) is 4.06. The van der Waals surface area contributed by atoms with Crippen molar-refractivity contribution in [2.75, 3.05) is 0 Å². The molecule has 0 spiro atoms. The molecule has 16 heavy (non-hydrogen) atoms. The Morgan fingerprint density at radius 3 is 2.38 bits per heavy atom. The van der Waals surface area contributed by atoms with Gasteiger partial charge >= 0.3 is 111 Å². The number of rotatable bonds is 2. The van der Waals surface area contributed by atoms with Gasteiger partial charge in [-0.25, -0.2) is 0 Å². The molecule has 3 heteroatoms. The number of hydrogen-bond acceptors (Lipinski definition) is 2. The molecule has 0 aliphatic rings. The summed E-state index contributed by atoms with van der Waals surface area (Å²) in [7, 11) is 0. The molecule has 2 nitrogen and oxygen atoms in total. The third kappa shape index (κ3) is 2.92. The van der Waals surface area contributed by atoms with Crippen LogP contribution in [0.15, 0.2) is 53.5 Å². The van der Waals surface area contributed by atoms with E-state index in [4.69, 9.17) is 0 Å². The summed E-state index contributed by atoms with van der Waals surface area (Å²) in [6.45, 7) is 0. The van der Waals surface area contributed by atoms with Crippen LogP contribution in [-0.2, 0) is 26.1 Å². The van der Waals surface area contributed by atoms with Crippen molar-refractivity contribution in [2.45, 2.75) is 0 Å². The summed E-state index contributed by atoms with van der Waals surface area (Å²) in [6, 6.07) is 15.4. The number of benzene rings is 2. The van der Waals surface area contributed by atoms with E-state index in [0.717, 1.165) is 11.3 Å². The quantitative estimate of drug-likeness (QED) is 0.613. The van der Waals surface area contributed by atoms with Crippen LogP contribution in [0.5, 0.6) is 5.75 Å². The molecule has 2 aromatic carbocycles. The molecule has 75 valence electrons. The fourth-order valence-electron chi connectivity index (χ4n) is 1.32. The minimum atomic E-state index is 0.258. The van der Waals surface area contributed by atoms with Crippen LogP contribution in [0.3, 0.4) is 0 Å². The zero-order valence-corrected chi connectivity index (χ0v) is 14.3. The monoisotopic (exact) mass is 398 g/mol. The molecular formula is C13H10HgNO. The molecule has 0 saturated carbocycles. The van der Waals surface area contributed by atoms with Crippen LogP contribution in [-0.4, -0.2) is 11.3 Å². The molecule has 2 rings (SSSR count). The van der Waals surface area contributed by atoms with Gasteiger partial charge < -0.3 is 0 Å². The second-order valence-corrected chi connectivity index (χ2v) is 6.66. The topological polar surface area (TPSA) is 32.6 Å². The first kappa shape index (κ1) is 11.3. The number of aliphatic imine (C=N–C) groups is 1. The van der Waals surface area contributed by atoms with E-state index >= 15 is 0 Å². The molecule has 0 aromatic heterocycles. The van der Waals surface area contributed by atoms with Crippen molar-refractivity contribution >= 4 is 15.0 Å². The standard InChI is InChI=1S/C13H10NO.Hg/c15-13-9-5-4-6-11(13)10-14-12-7-2-1-3-8-12;/h2-10,15H;. The SMILES string of the molecule is Oc1ccccc1C=Nc1cc[c]([Hg])cc1. The number of hydrogen-bond donors (Lipinski definition) is 1. The van der Waals surface area contributed by atoms with Crippen LogP contribution in [0.1, 0.15) is 5.56 Å². The van der Waals surface area contributed by atoms with Crippen molar-refractivity contribution in [1.29, 1.82) is 0 Å². The molecule has 1 N–H and O–H groups in total. The molecule has 0 aliphatic heterocycles. The summed E-state index contributed by atoms with van der Waals surface area (Å²) < 4.78 is 1.40. The van der Waals surface area contributed by atoms with Gasteiger partial charge in [0.2, 0.25) is 0 Å². The molecule has 0 radical (unpaired) electrons. The Hall–Kier alpha value is -1.15. The number of nitrogens with zero attached hydrogens (tertiary/aromatic N) is 1. The third-order valence-electron chi connectivity index (χ3n) is 2.23. The summed E-state index contributed by atoms with van der Waals surface area (Å²) in [5, 5.41) is 9.55. The normalized spacial score (nSPS) is 10.9. The second-order valence-electron chi connectivity index (χ2n) is 3.48. The number of phenols is 1. The summed E-state index contributed by atoms with van der Waals surface area (Å²) >= 11 is 0.666. The van der Waals surface area contributed by atoms with Gasteiger partial charge in [0.25, 0.3) is 0 Å². The molecule has 0 fully saturated rings. The number of para-hydroxylation sites is 1. The average molecular weight is 397 g/mol. The van der Waals surface area contributed by atoms with Crippen LogP contribution in [0.2, 0.25) is 0 Å². The Balaban J connectivity index is 2.21. The van der Waals surface area contributed by atoms with Gasteiger partial charge in [-0.1, -0.05) is 0 Å². The van der Waals surface area contributed by atoms with Crippen LogP contribution in [0, 0.1) is 0 Å². The molecule has 0 atom stereocenters. The van der Waals surface area contributed by atoms with Crippen LogP contribution in [0.25, 0.3) is 0 Å². The predicted octanol–water partition coefficient (Wildman–Crippen LogP) is 2.31. The number of aromatic hydroxyl groups is 1. The fourth-order valence-corrected chi connectivity index (χ4v) is 2.24.